The maximum Gasteiger partial charge on any atom is 0.455 e. The van der Waals surface area contributed by atoms with Gasteiger partial charge in [-0.25, -0.2) is 9.38 Å². The number of hydrogen-bond acceptors (Lipinski definition) is 3. The zero-order valence-corrected chi connectivity index (χ0v) is 13.8. The largest absolute Gasteiger partial charge is 0.455 e. The summed E-state index contributed by atoms with van der Waals surface area (Å²) >= 11 is 5.60. The van der Waals surface area contributed by atoms with E-state index in [1.54, 1.807) is 0 Å². The first-order valence-electron chi connectivity index (χ1n) is 7.06. The highest BCUT2D eigenvalue weighted by atomic mass is 35.5. The van der Waals surface area contributed by atoms with Crippen molar-refractivity contribution < 1.29 is 35.1 Å². The Balaban J connectivity index is 2.15. The molecule has 0 unspecified atom stereocenters. The van der Waals surface area contributed by atoms with Gasteiger partial charge in [0.1, 0.15) is 11.7 Å². The molecule has 3 aromatic rings. The summed E-state index contributed by atoms with van der Waals surface area (Å²) in [6.07, 6.45) is -9.08. The monoisotopic (exact) mass is 435 g/mol. The first-order valence-corrected chi connectivity index (χ1v) is 7.44. The number of hydrogen-bond donors (Lipinski definition) is 1. The van der Waals surface area contributed by atoms with Gasteiger partial charge in [0.15, 0.2) is 5.69 Å². The number of aromatic amines is 1. The minimum absolute atomic E-state index is 0.0847. The van der Waals surface area contributed by atoms with Gasteiger partial charge in [0.25, 0.3) is 5.56 Å². The zero-order valence-electron chi connectivity index (χ0n) is 13.0. The second kappa shape index (κ2) is 6.18. The Morgan fingerprint density at radius 1 is 1.07 bits per heavy atom. The molecule has 6 nitrogen and oxygen atoms in total. The van der Waals surface area contributed by atoms with Crippen LogP contribution in [-0.2, 0) is 12.7 Å². The molecule has 1 N–H and O–H groups in total. The van der Waals surface area contributed by atoms with Gasteiger partial charge in [-0.05, 0) is 0 Å². The molecule has 0 aliphatic rings. The van der Waals surface area contributed by atoms with Crippen LogP contribution in [0.25, 0.3) is 16.9 Å². The molecule has 152 valence electrons. The average Bonchev–Trinajstić information content (AvgIpc) is 3.10. The van der Waals surface area contributed by atoms with Crippen LogP contribution in [0.4, 0.5) is 35.1 Å². The van der Waals surface area contributed by atoms with Crippen molar-refractivity contribution in [3.05, 3.63) is 39.8 Å². The van der Waals surface area contributed by atoms with E-state index >= 15 is 0 Å². The number of nitrogens with one attached hydrogen (secondary N) is 1. The predicted octanol–water partition coefficient (Wildman–Crippen LogP) is 3.76. The summed E-state index contributed by atoms with van der Waals surface area (Å²) in [4.78, 5) is 17.9. The first kappa shape index (κ1) is 20.1. The van der Waals surface area contributed by atoms with Crippen molar-refractivity contribution in [1.82, 2.24) is 24.1 Å². The minimum atomic E-state index is -5.89. The summed E-state index contributed by atoms with van der Waals surface area (Å²) in [5.41, 5.74) is -4.68. The topological polar surface area (TPSA) is 68.0 Å². The molecule has 0 fully saturated rings. The summed E-state index contributed by atoms with van der Waals surface area (Å²) in [5, 5.41) is 2.99. The predicted molar refractivity (Wildman–Crippen MR) is 78.0 cm³/mol. The van der Waals surface area contributed by atoms with Crippen LogP contribution in [0.3, 0.4) is 0 Å². The summed E-state index contributed by atoms with van der Waals surface area (Å²) in [5.74, 6) is -5.73. The fourth-order valence-corrected chi connectivity index (χ4v) is 2.51. The normalized spacial score (nSPS) is 13.5. The molecule has 0 saturated carbocycles. The minimum Gasteiger partial charge on any atom is -0.314 e. The number of halogens is 9. The maximum absolute atomic E-state index is 13.3. The molecule has 0 radical (unpaired) electrons. The molecule has 3 aromatic heterocycles. The number of imidazole rings is 1. The molecule has 3 heterocycles. The lowest BCUT2D eigenvalue weighted by atomic mass is 10.1. The van der Waals surface area contributed by atoms with Crippen LogP contribution in [0.5, 0.6) is 0 Å². The molecule has 28 heavy (non-hydrogen) atoms. The van der Waals surface area contributed by atoms with Crippen LogP contribution >= 0.6 is 11.6 Å². The van der Waals surface area contributed by atoms with Crippen molar-refractivity contribution in [3.63, 3.8) is 0 Å². The Morgan fingerprint density at radius 3 is 2.29 bits per heavy atom. The number of fused-ring (bicyclic) bond motifs is 1. The summed E-state index contributed by atoms with van der Waals surface area (Å²) in [7, 11) is 0. The zero-order chi connectivity index (χ0) is 21.1. The van der Waals surface area contributed by atoms with Gasteiger partial charge < -0.3 is 4.98 Å². The van der Waals surface area contributed by atoms with Gasteiger partial charge in [0.2, 0.25) is 5.78 Å². The van der Waals surface area contributed by atoms with Crippen LogP contribution in [0.1, 0.15) is 5.69 Å². The number of rotatable bonds is 3. The van der Waals surface area contributed by atoms with E-state index in [-0.39, 0.29) is 9.83 Å². The van der Waals surface area contributed by atoms with Crippen molar-refractivity contribution in [2.75, 3.05) is 0 Å². The third kappa shape index (κ3) is 3.43. The summed E-state index contributed by atoms with van der Waals surface area (Å²) in [6, 6.07) is 0. The van der Waals surface area contributed by atoms with Crippen molar-refractivity contribution in [1.29, 1.82) is 0 Å². The van der Waals surface area contributed by atoms with E-state index in [4.69, 9.17) is 11.6 Å². The van der Waals surface area contributed by atoms with Gasteiger partial charge in [0.05, 0.1) is 18.0 Å². The van der Waals surface area contributed by atoms with Crippen LogP contribution in [0.2, 0.25) is 5.15 Å². The molecule has 0 aliphatic heterocycles. The Labute approximate surface area is 153 Å². The van der Waals surface area contributed by atoms with Crippen molar-refractivity contribution in [3.8, 4) is 11.1 Å². The van der Waals surface area contributed by atoms with Gasteiger partial charge in [-0.2, -0.15) is 40.2 Å². The molecule has 0 spiro atoms. The molecule has 0 saturated heterocycles. The quantitative estimate of drug-likeness (QED) is 0.637. The van der Waals surface area contributed by atoms with E-state index in [0.717, 1.165) is 6.20 Å². The Morgan fingerprint density at radius 2 is 1.71 bits per heavy atom. The SMILES string of the molecule is O=c1c(-c2cnn(CC(F)(F)C(F)(F)F)c2)c(C(F)(F)F)nc2[nH]c(Cl)cn12. The van der Waals surface area contributed by atoms with E-state index in [1.807, 2.05) is 0 Å². The lowest BCUT2D eigenvalue weighted by molar-refractivity contribution is -0.287. The van der Waals surface area contributed by atoms with E-state index < -0.39 is 53.0 Å². The number of H-pyrrole nitrogens is 1. The molecule has 3 rings (SSSR count). The number of alkyl halides is 8. The molecule has 0 bridgehead atoms. The lowest BCUT2D eigenvalue weighted by Crippen LogP contribution is -2.40. The standard InChI is InChI=1S/C13H6ClF8N5O/c14-6-3-27-9(28)7(8(12(17,18)19)25-10(27)24-6)5-1-23-26(2-5)4-11(15,16)13(20,21)22/h1-3H,4H2,(H,24,25). The number of nitrogens with zero attached hydrogens (tertiary/aromatic N) is 4. The Bertz CT molecular complexity index is 1090. The second-order valence-corrected chi connectivity index (χ2v) is 5.97. The lowest BCUT2D eigenvalue weighted by Gasteiger charge is -2.19. The molecule has 0 aromatic carbocycles. The van der Waals surface area contributed by atoms with Crippen LogP contribution < -0.4 is 5.56 Å². The highest BCUT2D eigenvalue weighted by molar-refractivity contribution is 6.29. The van der Waals surface area contributed by atoms with Crippen molar-refractivity contribution >= 4 is 17.4 Å². The molecule has 0 atom stereocenters. The molecular formula is C13H6ClF8N5O. The summed E-state index contributed by atoms with van der Waals surface area (Å²) in [6.45, 7) is -1.98. The highest BCUT2D eigenvalue weighted by Crippen LogP contribution is 2.37. The summed E-state index contributed by atoms with van der Waals surface area (Å²) < 4.78 is 104. The fourth-order valence-electron chi connectivity index (χ4n) is 2.33. The van der Waals surface area contributed by atoms with Gasteiger partial charge >= 0.3 is 18.3 Å². The second-order valence-electron chi connectivity index (χ2n) is 5.56. The third-order valence-corrected chi connectivity index (χ3v) is 3.75. The highest BCUT2D eigenvalue weighted by Gasteiger charge is 2.57. The third-order valence-electron chi connectivity index (χ3n) is 3.55. The first-order chi connectivity index (χ1) is 12.7. The van der Waals surface area contributed by atoms with Crippen molar-refractivity contribution in [2.45, 2.75) is 24.8 Å². The van der Waals surface area contributed by atoms with Gasteiger partial charge in [-0.15, -0.1) is 0 Å². The van der Waals surface area contributed by atoms with Gasteiger partial charge in [-0.3, -0.25) is 9.48 Å². The van der Waals surface area contributed by atoms with Crippen LogP contribution in [0.15, 0.2) is 23.4 Å². The average molecular weight is 436 g/mol. The van der Waals surface area contributed by atoms with E-state index in [9.17, 15) is 39.9 Å². The molecule has 15 heteroatoms. The van der Waals surface area contributed by atoms with Crippen molar-refractivity contribution in [2.24, 2.45) is 0 Å². The van der Waals surface area contributed by atoms with E-state index in [0.29, 0.717) is 16.8 Å². The van der Waals surface area contributed by atoms with E-state index in [2.05, 4.69) is 15.1 Å². The van der Waals surface area contributed by atoms with Gasteiger partial charge in [-0.1, -0.05) is 11.6 Å². The Kier molecular flexibility index (Phi) is 4.44. The molecule has 0 amide bonds. The Hall–Kier alpha value is -2.64. The number of aromatic nitrogens is 5. The fraction of sp³-hybridized carbons (Fsp3) is 0.308. The maximum atomic E-state index is 13.3. The van der Waals surface area contributed by atoms with Crippen LogP contribution in [0, 0.1) is 0 Å². The molecule has 0 aliphatic carbocycles. The smallest absolute Gasteiger partial charge is 0.314 e. The van der Waals surface area contributed by atoms with Crippen LogP contribution in [-0.4, -0.2) is 36.2 Å². The molecular weight excluding hydrogens is 430 g/mol. The van der Waals surface area contributed by atoms with Gasteiger partial charge in [0, 0.05) is 11.8 Å². The van der Waals surface area contributed by atoms with E-state index in [1.165, 1.54) is 0 Å².